The van der Waals surface area contributed by atoms with Crippen LogP contribution in [-0.4, -0.2) is 33.4 Å². The molecule has 1 aliphatic rings. The highest BCUT2D eigenvalue weighted by atomic mass is 19.1. The van der Waals surface area contributed by atoms with E-state index >= 15 is 0 Å². The molecule has 2 N–H and O–H groups in total. The van der Waals surface area contributed by atoms with Gasteiger partial charge in [0.25, 0.3) is 5.56 Å². The zero-order valence-corrected chi connectivity index (χ0v) is 12.9. The number of aromatic amines is 1. The molecule has 2 atom stereocenters. The van der Waals surface area contributed by atoms with Gasteiger partial charge >= 0.3 is 5.69 Å². The van der Waals surface area contributed by atoms with E-state index in [1.54, 1.807) is 0 Å². The number of rotatable bonds is 2. The predicted octanol–water partition coefficient (Wildman–Crippen LogP) is 1.35. The number of nitrogens with one attached hydrogen (secondary N) is 2. The number of nitrogens with zero attached hydrogens (tertiary/aromatic N) is 2. The fourth-order valence-corrected chi connectivity index (χ4v) is 3.40. The van der Waals surface area contributed by atoms with Crippen LogP contribution in [0.15, 0.2) is 52.3 Å². The number of hydrogen-bond donors (Lipinski definition) is 2. The number of halogens is 1. The fraction of sp³-hybridized carbons (Fsp3) is 0.294. The van der Waals surface area contributed by atoms with Crippen LogP contribution < -0.4 is 16.6 Å². The Morgan fingerprint density at radius 1 is 1.12 bits per heavy atom. The summed E-state index contributed by atoms with van der Waals surface area (Å²) in [6, 6.07) is 8.54. The minimum atomic E-state index is -0.950. The molecule has 0 spiro atoms. The molecule has 0 amide bonds. The number of piperidine rings is 1. The summed E-state index contributed by atoms with van der Waals surface area (Å²) in [5, 5.41) is 3.90. The minimum absolute atomic E-state index is 0.216. The van der Waals surface area contributed by atoms with Gasteiger partial charge in [-0.15, -0.1) is 0 Å². The number of fused-ring (bicyclic) bond motifs is 1. The van der Waals surface area contributed by atoms with Gasteiger partial charge in [0.2, 0.25) is 0 Å². The Morgan fingerprint density at radius 2 is 2.00 bits per heavy atom. The third kappa shape index (κ3) is 2.37. The van der Waals surface area contributed by atoms with Gasteiger partial charge in [-0.3, -0.25) is 14.3 Å². The molecular formula is C17H17FN4O2. The lowest BCUT2D eigenvalue weighted by molar-refractivity contribution is 0.187. The summed E-state index contributed by atoms with van der Waals surface area (Å²) < 4.78 is 17.6. The van der Waals surface area contributed by atoms with Gasteiger partial charge < -0.3 is 9.88 Å². The molecule has 1 aromatic carbocycles. The van der Waals surface area contributed by atoms with Crippen molar-refractivity contribution in [3.8, 4) is 5.69 Å². The van der Waals surface area contributed by atoms with Crippen LogP contribution in [0, 0.1) is 0 Å². The summed E-state index contributed by atoms with van der Waals surface area (Å²) >= 11 is 0. The first-order chi connectivity index (χ1) is 11.6. The highest BCUT2D eigenvalue weighted by Gasteiger charge is 2.27. The van der Waals surface area contributed by atoms with Gasteiger partial charge in [-0.25, -0.2) is 9.18 Å². The van der Waals surface area contributed by atoms with Crippen LogP contribution in [0.5, 0.6) is 0 Å². The van der Waals surface area contributed by atoms with Crippen molar-refractivity contribution >= 4 is 10.9 Å². The van der Waals surface area contributed by atoms with Crippen LogP contribution in [0.2, 0.25) is 0 Å². The molecule has 7 heteroatoms. The second kappa shape index (κ2) is 5.76. The maximum Gasteiger partial charge on any atom is 0.332 e. The van der Waals surface area contributed by atoms with E-state index in [1.807, 2.05) is 35.0 Å². The van der Waals surface area contributed by atoms with Gasteiger partial charge in [0.15, 0.2) is 0 Å². The monoisotopic (exact) mass is 328 g/mol. The van der Waals surface area contributed by atoms with Crippen molar-refractivity contribution in [2.24, 2.45) is 0 Å². The van der Waals surface area contributed by atoms with Gasteiger partial charge in [-0.05, 0) is 31.2 Å². The van der Waals surface area contributed by atoms with E-state index in [0.29, 0.717) is 18.7 Å². The van der Waals surface area contributed by atoms with E-state index in [2.05, 4.69) is 10.3 Å². The van der Waals surface area contributed by atoms with Crippen LogP contribution in [0.1, 0.15) is 12.5 Å². The highest BCUT2D eigenvalue weighted by Crippen LogP contribution is 2.30. The van der Waals surface area contributed by atoms with E-state index in [4.69, 9.17) is 0 Å². The highest BCUT2D eigenvalue weighted by molar-refractivity contribution is 5.88. The van der Waals surface area contributed by atoms with E-state index in [1.165, 1.54) is 16.8 Å². The molecule has 0 saturated carbocycles. The third-order valence-corrected chi connectivity index (χ3v) is 4.55. The largest absolute Gasteiger partial charge is 0.341 e. The topological polar surface area (TPSA) is 71.8 Å². The summed E-state index contributed by atoms with van der Waals surface area (Å²) in [6.07, 6.45) is 3.09. The van der Waals surface area contributed by atoms with Crippen LogP contribution in [-0.2, 0) is 0 Å². The maximum atomic E-state index is 14.3. The van der Waals surface area contributed by atoms with Crippen LogP contribution >= 0.6 is 0 Å². The van der Waals surface area contributed by atoms with E-state index in [-0.39, 0.29) is 6.04 Å². The Morgan fingerprint density at radius 3 is 2.79 bits per heavy atom. The molecule has 4 rings (SSSR count). The van der Waals surface area contributed by atoms with Crippen molar-refractivity contribution in [1.29, 1.82) is 0 Å². The third-order valence-electron chi connectivity index (χ3n) is 4.55. The number of alkyl halides is 1. The van der Waals surface area contributed by atoms with Gasteiger partial charge in [0, 0.05) is 30.4 Å². The molecule has 2 aromatic heterocycles. The first-order valence-corrected chi connectivity index (χ1v) is 7.92. The average Bonchev–Trinajstić information content (AvgIpc) is 2.99. The first kappa shape index (κ1) is 14.9. The molecule has 0 unspecified atom stereocenters. The van der Waals surface area contributed by atoms with E-state index < -0.39 is 17.4 Å². The van der Waals surface area contributed by atoms with E-state index in [9.17, 15) is 14.0 Å². The van der Waals surface area contributed by atoms with Crippen LogP contribution in [0.3, 0.4) is 0 Å². The number of H-pyrrole nitrogens is 1. The molecule has 0 aliphatic carbocycles. The average molecular weight is 328 g/mol. The standard InChI is InChI=1S/C17H17FN4O2/c18-12-10-19-7-4-15(12)21-8-5-11-13(21)2-1-3-14(11)22-9-6-16(23)20-17(22)24/h1-3,5-6,8-9,12,15,19H,4,7,10H2,(H,20,23,24)/t12-,15-/m1/s1. The minimum Gasteiger partial charge on any atom is -0.341 e. The Balaban J connectivity index is 1.88. The zero-order valence-electron chi connectivity index (χ0n) is 12.9. The summed E-state index contributed by atoms with van der Waals surface area (Å²) in [6.45, 7) is 1.13. The molecule has 6 nitrogen and oxygen atoms in total. The lowest BCUT2D eigenvalue weighted by Crippen LogP contribution is -2.39. The fourth-order valence-electron chi connectivity index (χ4n) is 3.40. The molecule has 1 fully saturated rings. The Hall–Kier alpha value is -2.67. The number of aromatic nitrogens is 3. The zero-order chi connectivity index (χ0) is 16.7. The lowest BCUT2D eigenvalue weighted by Gasteiger charge is -2.28. The Kier molecular flexibility index (Phi) is 3.57. The molecule has 124 valence electrons. The summed E-state index contributed by atoms with van der Waals surface area (Å²) in [5.74, 6) is 0. The smallest absolute Gasteiger partial charge is 0.332 e. The quantitative estimate of drug-likeness (QED) is 0.746. The predicted molar refractivity (Wildman–Crippen MR) is 89.6 cm³/mol. The molecule has 3 heterocycles. The molecule has 24 heavy (non-hydrogen) atoms. The molecule has 0 radical (unpaired) electrons. The summed E-state index contributed by atoms with van der Waals surface area (Å²) in [7, 11) is 0. The molecule has 0 bridgehead atoms. The SMILES string of the molecule is O=c1ccn(-c2cccc3c2ccn3[C@@H]2CCNC[C@H]2F)c(=O)[nH]1. The Bertz CT molecular complexity index is 1000. The molecule has 3 aromatic rings. The summed E-state index contributed by atoms with van der Waals surface area (Å²) in [5.41, 5.74) is 0.612. The second-order valence-corrected chi connectivity index (χ2v) is 5.99. The van der Waals surface area contributed by atoms with Crippen LogP contribution in [0.25, 0.3) is 16.6 Å². The lowest BCUT2D eigenvalue weighted by atomic mass is 10.0. The van der Waals surface area contributed by atoms with Crippen molar-refractivity contribution in [3.63, 3.8) is 0 Å². The van der Waals surface area contributed by atoms with Gasteiger partial charge in [0.1, 0.15) is 6.17 Å². The normalized spacial score (nSPS) is 21.2. The van der Waals surface area contributed by atoms with Gasteiger partial charge in [0.05, 0.1) is 17.2 Å². The number of benzene rings is 1. The molecular weight excluding hydrogens is 311 g/mol. The molecule has 1 saturated heterocycles. The van der Waals surface area contributed by atoms with Crippen LogP contribution in [0.4, 0.5) is 4.39 Å². The summed E-state index contributed by atoms with van der Waals surface area (Å²) in [4.78, 5) is 25.6. The van der Waals surface area contributed by atoms with Crippen molar-refractivity contribution < 1.29 is 4.39 Å². The first-order valence-electron chi connectivity index (χ1n) is 7.92. The molecule has 1 aliphatic heterocycles. The Labute approximate surface area is 136 Å². The second-order valence-electron chi connectivity index (χ2n) is 5.99. The van der Waals surface area contributed by atoms with Crippen molar-refractivity contribution in [2.75, 3.05) is 13.1 Å². The van der Waals surface area contributed by atoms with Crippen molar-refractivity contribution in [1.82, 2.24) is 19.4 Å². The van der Waals surface area contributed by atoms with Crippen molar-refractivity contribution in [2.45, 2.75) is 18.6 Å². The van der Waals surface area contributed by atoms with Gasteiger partial charge in [-0.1, -0.05) is 6.07 Å². The van der Waals surface area contributed by atoms with Crippen molar-refractivity contribution in [3.05, 3.63) is 63.6 Å². The number of hydrogen-bond acceptors (Lipinski definition) is 3. The van der Waals surface area contributed by atoms with Gasteiger partial charge in [-0.2, -0.15) is 0 Å². The van der Waals surface area contributed by atoms with E-state index in [0.717, 1.165) is 17.4 Å². The maximum absolute atomic E-state index is 14.3.